The van der Waals surface area contributed by atoms with E-state index in [9.17, 15) is 9.59 Å². The number of carbonyl (C=O) groups is 2. The molecule has 1 aromatic rings. The molecule has 1 aromatic heterocycles. The van der Waals surface area contributed by atoms with Crippen LogP contribution in [0.1, 0.15) is 37.2 Å². The van der Waals surface area contributed by atoms with Gasteiger partial charge in [-0.1, -0.05) is 13.3 Å². The van der Waals surface area contributed by atoms with E-state index < -0.39 is 0 Å². The van der Waals surface area contributed by atoms with E-state index in [0.717, 1.165) is 6.42 Å². The van der Waals surface area contributed by atoms with E-state index in [1.807, 2.05) is 6.92 Å². The maximum absolute atomic E-state index is 12.0. The molecule has 0 aliphatic rings. The predicted octanol–water partition coefficient (Wildman–Crippen LogP) is 1.31. The highest BCUT2D eigenvalue weighted by molar-refractivity contribution is 5.95. The highest BCUT2D eigenvalue weighted by Crippen LogP contribution is 2.09. The fraction of sp³-hybridized carbons (Fsp3) is 0.500. The average Bonchev–Trinajstić information content (AvgIpc) is 2.35. The van der Waals surface area contributed by atoms with Crippen LogP contribution in [0.2, 0.25) is 0 Å². The maximum Gasteiger partial charge on any atom is 0.274 e. The summed E-state index contributed by atoms with van der Waals surface area (Å²) >= 11 is 0. The Morgan fingerprint density at radius 1 is 1.41 bits per heavy atom. The third-order valence-corrected chi connectivity index (χ3v) is 2.60. The van der Waals surface area contributed by atoms with Crippen LogP contribution in [-0.2, 0) is 4.79 Å². The SMILES string of the molecule is CCC[C@H](C(C)=O)N(C)C(=O)c1cnccn1. The third-order valence-electron chi connectivity index (χ3n) is 2.60. The van der Waals surface area contributed by atoms with Crippen LogP contribution in [0.15, 0.2) is 18.6 Å². The number of aromatic nitrogens is 2. The third kappa shape index (κ3) is 3.34. The molecule has 0 aliphatic heterocycles. The molecule has 0 bridgehead atoms. The first-order chi connectivity index (χ1) is 8.07. The zero-order valence-electron chi connectivity index (χ0n) is 10.4. The van der Waals surface area contributed by atoms with Gasteiger partial charge in [0.25, 0.3) is 5.91 Å². The lowest BCUT2D eigenvalue weighted by atomic mass is 10.1. The average molecular weight is 235 g/mol. The van der Waals surface area contributed by atoms with Crippen LogP contribution in [0.4, 0.5) is 0 Å². The zero-order chi connectivity index (χ0) is 12.8. The Hall–Kier alpha value is -1.78. The molecule has 1 amide bonds. The fourth-order valence-corrected chi connectivity index (χ4v) is 1.67. The summed E-state index contributed by atoms with van der Waals surface area (Å²) in [6.07, 6.45) is 5.89. The van der Waals surface area contributed by atoms with E-state index in [-0.39, 0.29) is 23.4 Å². The lowest BCUT2D eigenvalue weighted by Crippen LogP contribution is -2.41. The fourth-order valence-electron chi connectivity index (χ4n) is 1.67. The van der Waals surface area contributed by atoms with Crippen molar-refractivity contribution in [1.82, 2.24) is 14.9 Å². The second kappa shape index (κ2) is 6.08. The number of nitrogens with zero attached hydrogens (tertiary/aromatic N) is 3. The highest BCUT2D eigenvalue weighted by atomic mass is 16.2. The van der Waals surface area contributed by atoms with Crippen molar-refractivity contribution in [2.45, 2.75) is 32.7 Å². The van der Waals surface area contributed by atoms with Crippen molar-refractivity contribution in [3.8, 4) is 0 Å². The van der Waals surface area contributed by atoms with Gasteiger partial charge in [0.1, 0.15) is 5.69 Å². The van der Waals surface area contributed by atoms with Crippen LogP contribution in [0.5, 0.6) is 0 Å². The number of carbonyl (C=O) groups excluding carboxylic acids is 2. The molecule has 0 saturated heterocycles. The second-order valence-electron chi connectivity index (χ2n) is 3.92. The van der Waals surface area contributed by atoms with Gasteiger partial charge >= 0.3 is 0 Å². The Labute approximate surface area is 101 Å². The van der Waals surface area contributed by atoms with E-state index in [1.54, 1.807) is 7.05 Å². The Bertz CT molecular complexity index is 392. The minimum Gasteiger partial charge on any atom is -0.330 e. The molecule has 0 aromatic carbocycles. The standard InChI is InChI=1S/C12H17N3O2/c1-4-5-11(9(2)16)15(3)12(17)10-8-13-6-7-14-10/h6-8,11H,4-5H2,1-3H3/t11-/m1/s1. The molecule has 0 N–H and O–H groups in total. The number of ketones is 1. The number of rotatable bonds is 5. The molecule has 1 atom stereocenters. The quantitative estimate of drug-likeness (QED) is 0.771. The van der Waals surface area contributed by atoms with Crippen molar-refractivity contribution in [3.63, 3.8) is 0 Å². The van der Waals surface area contributed by atoms with Gasteiger partial charge in [0, 0.05) is 19.4 Å². The number of hydrogen-bond donors (Lipinski definition) is 0. The molecule has 0 unspecified atom stereocenters. The largest absolute Gasteiger partial charge is 0.330 e. The van der Waals surface area contributed by atoms with Crippen molar-refractivity contribution >= 4 is 11.7 Å². The molecule has 1 rings (SSSR count). The first-order valence-corrected chi connectivity index (χ1v) is 5.61. The van der Waals surface area contributed by atoms with Gasteiger partial charge in [-0.05, 0) is 13.3 Å². The molecule has 5 nitrogen and oxygen atoms in total. The van der Waals surface area contributed by atoms with Crippen LogP contribution in [0, 0.1) is 0 Å². The number of hydrogen-bond acceptors (Lipinski definition) is 4. The maximum atomic E-state index is 12.0. The van der Waals surface area contributed by atoms with Gasteiger partial charge < -0.3 is 4.90 Å². The number of likely N-dealkylation sites (N-methyl/N-ethyl adjacent to an activating group) is 1. The Morgan fingerprint density at radius 3 is 2.59 bits per heavy atom. The molecule has 1 heterocycles. The highest BCUT2D eigenvalue weighted by Gasteiger charge is 2.24. The topological polar surface area (TPSA) is 63.2 Å². The second-order valence-corrected chi connectivity index (χ2v) is 3.92. The van der Waals surface area contributed by atoms with Crippen LogP contribution in [-0.4, -0.2) is 39.6 Å². The van der Waals surface area contributed by atoms with Gasteiger partial charge in [-0.25, -0.2) is 4.98 Å². The summed E-state index contributed by atoms with van der Waals surface area (Å²) in [6, 6.07) is -0.380. The van der Waals surface area contributed by atoms with E-state index in [1.165, 1.54) is 30.4 Å². The molecule has 0 fully saturated rings. The van der Waals surface area contributed by atoms with Crippen LogP contribution in [0.3, 0.4) is 0 Å². The number of amides is 1. The monoisotopic (exact) mass is 235 g/mol. The van der Waals surface area contributed by atoms with Crippen LogP contribution >= 0.6 is 0 Å². The summed E-state index contributed by atoms with van der Waals surface area (Å²) in [7, 11) is 1.62. The lowest BCUT2D eigenvalue weighted by molar-refractivity contribution is -0.121. The van der Waals surface area contributed by atoms with Gasteiger partial charge in [-0.2, -0.15) is 0 Å². The molecule has 0 spiro atoms. The van der Waals surface area contributed by atoms with E-state index in [4.69, 9.17) is 0 Å². The Morgan fingerprint density at radius 2 is 2.12 bits per heavy atom. The molecule has 0 radical (unpaired) electrons. The van der Waals surface area contributed by atoms with Gasteiger partial charge in [-0.3, -0.25) is 14.6 Å². The first-order valence-electron chi connectivity index (χ1n) is 5.61. The predicted molar refractivity (Wildman–Crippen MR) is 63.5 cm³/mol. The van der Waals surface area contributed by atoms with Gasteiger partial charge in [0.05, 0.1) is 12.2 Å². The van der Waals surface area contributed by atoms with Gasteiger partial charge in [0.15, 0.2) is 5.78 Å². The molecular formula is C12H17N3O2. The molecule has 92 valence electrons. The van der Waals surface area contributed by atoms with Gasteiger partial charge in [-0.15, -0.1) is 0 Å². The molecule has 17 heavy (non-hydrogen) atoms. The summed E-state index contributed by atoms with van der Waals surface area (Å²) in [6.45, 7) is 3.48. The van der Waals surface area contributed by atoms with Crippen molar-refractivity contribution in [3.05, 3.63) is 24.3 Å². The molecule has 0 aliphatic carbocycles. The minimum absolute atomic E-state index is 0.00779. The normalized spacial score (nSPS) is 11.9. The molecule has 5 heteroatoms. The lowest BCUT2D eigenvalue weighted by Gasteiger charge is -2.25. The van der Waals surface area contributed by atoms with E-state index in [0.29, 0.717) is 6.42 Å². The Kier molecular flexibility index (Phi) is 4.75. The van der Waals surface area contributed by atoms with E-state index >= 15 is 0 Å². The van der Waals surface area contributed by atoms with Gasteiger partial charge in [0.2, 0.25) is 0 Å². The summed E-state index contributed by atoms with van der Waals surface area (Å²) < 4.78 is 0. The molecular weight excluding hydrogens is 218 g/mol. The summed E-state index contributed by atoms with van der Waals surface area (Å²) in [5.74, 6) is -0.279. The summed E-state index contributed by atoms with van der Waals surface area (Å²) in [4.78, 5) is 32.7. The van der Waals surface area contributed by atoms with Crippen LogP contribution < -0.4 is 0 Å². The summed E-state index contributed by atoms with van der Waals surface area (Å²) in [5.41, 5.74) is 0.261. The van der Waals surface area contributed by atoms with Crippen molar-refractivity contribution in [1.29, 1.82) is 0 Å². The first kappa shape index (κ1) is 13.3. The molecule has 0 saturated carbocycles. The van der Waals surface area contributed by atoms with E-state index in [2.05, 4.69) is 9.97 Å². The van der Waals surface area contributed by atoms with Crippen molar-refractivity contribution < 1.29 is 9.59 Å². The van der Waals surface area contributed by atoms with Crippen LogP contribution in [0.25, 0.3) is 0 Å². The smallest absolute Gasteiger partial charge is 0.274 e. The van der Waals surface area contributed by atoms with Crippen molar-refractivity contribution in [2.24, 2.45) is 0 Å². The van der Waals surface area contributed by atoms with Crippen molar-refractivity contribution in [2.75, 3.05) is 7.05 Å². The minimum atomic E-state index is -0.380. The summed E-state index contributed by atoms with van der Waals surface area (Å²) in [5, 5.41) is 0. The zero-order valence-corrected chi connectivity index (χ0v) is 10.4. The number of Topliss-reactive ketones (excluding diaryl/α,β-unsaturated/α-hetero) is 1. The Balaban J connectivity index is 2.84.